The molecule has 2 rings (SSSR count). The molecule has 1 saturated heterocycles. The molecule has 1 aliphatic rings. The van der Waals surface area contributed by atoms with Crippen LogP contribution in [0.1, 0.15) is 25.7 Å². The first kappa shape index (κ1) is 15.8. The standard InChI is InChI=1S/C16H23FN2O2/c17-14-4-1-2-5-15(14)21-11-3-6-16(20)19-9-7-13(12-18)8-10-19/h1-2,4-5,13H,3,6-12,18H2. The number of nitrogens with two attached hydrogens (primary N) is 1. The predicted molar refractivity (Wildman–Crippen MR) is 79.5 cm³/mol. The van der Waals surface area contributed by atoms with E-state index in [9.17, 15) is 9.18 Å². The first-order chi connectivity index (χ1) is 10.2. The molecule has 116 valence electrons. The van der Waals surface area contributed by atoms with Crippen molar-refractivity contribution in [2.45, 2.75) is 25.7 Å². The molecule has 1 fully saturated rings. The first-order valence-electron chi connectivity index (χ1n) is 7.56. The molecule has 2 N–H and O–H groups in total. The molecule has 21 heavy (non-hydrogen) atoms. The number of para-hydroxylation sites is 1. The number of ether oxygens (including phenoxy) is 1. The van der Waals surface area contributed by atoms with Crippen molar-refractivity contribution in [3.05, 3.63) is 30.1 Å². The summed E-state index contributed by atoms with van der Waals surface area (Å²) in [5, 5.41) is 0. The van der Waals surface area contributed by atoms with Gasteiger partial charge in [-0.05, 0) is 43.9 Å². The number of amides is 1. The van der Waals surface area contributed by atoms with Crippen LogP contribution in [0.5, 0.6) is 5.75 Å². The van der Waals surface area contributed by atoms with E-state index in [0.717, 1.165) is 25.9 Å². The third kappa shape index (κ3) is 4.70. The van der Waals surface area contributed by atoms with Crippen molar-refractivity contribution < 1.29 is 13.9 Å². The Morgan fingerprint density at radius 2 is 2.05 bits per heavy atom. The van der Waals surface area contributed by atoms with Crippen LogP contribution in [0.25, 0.3) is 0 Å². The Morgan fingerprint density at radius 1 is 1.33 bits per heavy atom. The summed E-state index contributed by atoms with van der Waals surface area (Å²) in [4.78, 5) is 13.9. The van der Waals surface area contributed by atoms with Gasteiger partial charge < -0.3 is 15.4 Å². The van der Waals surface area contributed by atoms with Crippen LogP contribution in [0.3, 0.4) is 0 Å². The second-order valence-electron chi connectivity index (χ2n) is 5.44. The van der Waals surface area contributed by atoms with Crippen LogP contribution in [0, 0.1) is 11.7 Å². The lowest BCUT2D eigenvalue weighted by Crippen LogP contribution is -2.40. The minimum absolute atomic E-state index is 0.155. The predicted octanol–water partition coefficient (Wildman–Crippen LogP) is 2.18. The molecule has 0 radical (unpaired) electrons. The highest BCUT2D eigenvalue weighted by atomic mass is 19.1. The number of carbonyl (C=O) groups excluding carboxylic acids is 1. The molecule has 0 bridgehead atoms. The van der Waals surface area contributed by atoms with Crippen LogP contribution in [0.4, 0.5) is 4.39 Å². The maximum absolute atomic E-state index is 13.3. The minimum atomic E-state index is -0.368. The van der Waals surface area contributed by atoms with Crippen LogP contribution in [0.2, 0.25) is 0 Å². The van der Waals surface area contributed by atoms with Crippen molar-refractivity contribution in [2.75, 3.05) is 26.2 Å². The molecule has 1 aromatic rings. The minimum Gasteiger partial charge on any atom is -0.491 e. The highest BCUT2D eigenvalue weighted by Gasteiger charge is 2.21. The second-order valence-corrected chi connectivity index (χ2v) is 5.44. The lowest BCUT2D eigenvalue weighted by atomic mass is 9.97. The third-order valence-electron chi connectivity index (χ3n) is 3.93. The van der Waals surface area contributed by atoms with Gasteiger partial charge in [0.1, 0.15) is 0 Å². The van der Waals surface area contributed by atoms with E-state index in [1.165, 1.54) is 6.07 Å². The Morgan fingerprint density at radius 3 is 2.71 bits per heavy atom. The number of rotatable bonds is 6. The van der Waals surface area contributed by atoms with Gasteiger partial charge in [-0.25, -0.2) is 4.39 Å². The number of hydrogen-bond acceptors (Lipinski definition) is 3. The zero-order valence-electron chi connectivity index (χ0n) is 12.3. The zero-order chi connectivity index (χ0) is 15.1. The largest absolute Gasteiger partial charge is 0.491 e. The van der Waals surface area contributed by atoms with E-state index in [4.69, 9.17) is 10.5 Å². The molecule has 1 heterocycles. The average molecular weight is 294 g/mol. The highest BCUT2D eigenvalue weighted by Crippen LogP contribution is 2.18. The highest BCUT2D eigenvalue weighted by molar-refractivity contribution is 5.76. The fourth-order valence-corrected chi connectivity index (χ4v) is 2.54. The topological polar surface area (TPSA) is 55.6 Å². The van der Waals surface area contributed by atoms with Gasteiger partial charge in [0, 0.05) is 19.5 Å². The van der Waals surface area contributed by atoms with Gasteiger partial charge in [0.05, 0.1) is 6.61 Å². The van der Waals surface area contributed by atoms with E-state index in [1.807, 2.05) is 4.90 Å². The molecule has 0 unspecified atom stereocenters. The number of halogens is 1. The van der Waals surface area contributed by atoms with E-state index in [0.29, 0.717) is 31.9 Å². The number of likely N-dealkylation sites (tertiary alicyclic amines) is 1. The summed E-state index contributed by atoms with van der Waals surface area (Å²) >= 11 is 0. The fraction of sp³-hybridized carbons (Fsp3) is 0.562. The average Bonchev–Trinajstić information content (AvgIpc) is 2.53. The van der Waals surface area contributed by atoms with Crippen molar-refractivity contribution in [3.63, 3.8) is 0 Å². The van der Waals surface area contributed by atoms with E-state index in [2.05, 4.69) is 0 Å². The SMILES string of the molecule is NCC1CCN(C(=O)CCCOc2ccccc2F)CC1. The second kappa shape index (κ2) is 7.98. The normalized spacial score (nSPS) is 16.0. The summed E-state index contributed by atoms with van der Waals surface area (Å²) in [7, 11) is 0. The summed E-state index contributed by atoms with van der Waals surface area (Å²) in [6.45, 7) is 2.66. The van der Waals surface area contributed by atoms with E-state index < -0.39 is 0 Å². The van der Waals surface area contributed by atoms with Gasteiger partial charge in [-0.2, -0.15) is 0 Å². The lowest BCUT2D eigenvalue weighted by Gasteiger charge is -2.31. The van der Waals surface area contributed by atoms with Crippen LogP contribution in [-0.2, 0) is 4.79 Å². The Labute approximate surface area is 125 Å². The van der Waals surface area contributed by atoms with Crippen molar-refractivity contribution in [1.82, 2.24) is 4.90 Å². The molecule has 0 aliphatic carbocycles. The van der Waals surface area contributed by atoms with Gasteiger partial charge >= 0.3 is 0 Å². The number of carbonyl (C=O) groups is 1. The molecule has 1 amide bonds. The number of piperidine rings is 1. The van der Waals surface area contributed by atoms with E-state index >= 15 is 0 Å². The Balaban J connectivity index is 1.65. The molecule has 4 nitrogen and oxygen atoms in total. The molecule has 0 aromatic heterocycles. The molecule has 1 aromatic carbocycles. The molecule has 0 atom stereocenters. The maximum atomic E-state index is 13.3. The summed E-state index contributed by atoms with van der Waals surface area (Å²) in [6, 6.07) is 6.30. The molecule has 5 heteroatoms. The quantitative estimate of drug-likeness (QED) is 0.818. The third-order valence-corrected chi connectivity index (χ3v) is 3.93. The Bertz CT molecular complexity index is 459. The van der Waals surface area contributed by atoms with Crippen molar-refractivity contribution >= 4 is 5.91 Å². The smallest absolute Gasteiger partial charge is 0.222 e. The van der Waals surface area contributed by atoms with Crippen molar-refractivity contribution in [2.24, 2.45) is 11.7 Å². The molecule has 1 aliphatic heterocycles. The molecule has 0 spiro atoms. The van der Waals surface area contributed by atoms with Crippen LogP contribution in [-0.4, -0.2) is 37.0 Å². The Hall–Kier alpha value is -1.62. The van der Waals surface area contributed by atoms with Crippen molar-refractivity contribution in [1.29, 1.82) is 0 Å². The molecule has 0 saturated carbocycles. The fourth-order valence-electron chi connectivity index (χ4n) is 2.54. The zero-order valence-corrected chi connectivity index (χ0v) is 12.3. The van der Waals surface area contributed by atoms with E-state index in [1.54, 1.807) is 18.2 Å². The summed E-state index contributed by atoms with van der Waals surface area (Å²) in [5.41, 5.74) is 5.64. The van der Waals surface area contributed by atoms with Gasteiger partial charge in [-0.1, -0.05) is 12.1 Å². The lowest BCUT2D eigenvalue weighted by molar-refractivity contribution is -0.132. The number of benzene rings is 1. The van der Waals surface area contributed by atoms with Crippen LogP contribution in [0.15, 0.2) is 24.3 Å². The van der Waals surface area contributed by atoms with Gasteiger partial charge in [-0.15, -0.1) is 0 Å². The number of hydrogen-bond donors (Lipinski definition) is 1. The Kier molecular flexibility index (Phi) is 5.99. The molecular weight excluding hydrogens is 271 g/mol. The van der Waals surface area contributed by atoms with Crippen LogP contribution < -0.4 is 10.5 Å². The number of nitrogens with zero attached hydrogens (tertiary/aromatic N) is 1. The van der Waals surface area contributed by atoms with Gasteiger partial charge in [0.15, 0.2) is 11.6 Å². The summed E-state index contributed by atoms with van der Waals surface area (Å²) < 4.78 is 18.7. The maximum Gasteiger partial charge on any atom is 0.222 e. The monoisotopic (exact) mass is 294 g/mol. The van der Waals surface area contributed by atoms with Crippen LogP contribution >= 0.6 is 0 Å². The van der Waals surface area contributed by atoms with Crippen molar-refractivity contribution in [3.8, 4) is 5.75 Å². The first-order valence-corrected chi connectivity index (χ1v) is 7.56. The summed E-state index contributed by atoms with van der Waals surface area (Å²) in [6.07, 6.45) is 3.04. The summed E-state index contributed by atoms with van der Waals surface area (Å²) in [5.74, 6) is 0.586. The van der Waals surface area contributed by atoms with Gasteiger partial charge in [0.2, 0.25) is 5.91 Å². The van der Waals surface area contributed by atoms with Gasteiger partial charge in [0.25, 0.3) is 0 Å². The van der Waals surface area contributed by atoms with E-state index in [-0.39, 0.29) is 17.5 Å². The van der Waals surface area contributed by atoms with Gasteiger partial charge in [-0.3, -0.25) is 4.79 Å². The molecular formula is C16H23FN2O2.